The Morgan fingerprint density at radius 3 is 2.48 bits per heavy atom. The van der Waals surface area contributed by atoms with Gasteiger partial charge in [0.25, 0.3) is 0 Å². The van der Waals surface area contributed by atoms with Gasteiger partial charge >= 0.3 is 0 Å². The predicted molar refractivity (Wildman–Crippen MR) is 98.5 cm³/mol. The molecule has 130 valence electrons. The lowest BCUT2D eigenvalue weighted by molar-refractivity contribution is 0.122. The maximum Gasteiger partial charge on any atom is 0.231 e. The SMILES string of the molecule is Cc1cc(C)cc(Nc2nc(N3CCOCC3)c3cnn(C)c3n2)c1. The van der Waals surface area contributed by atoms with E-state index in [1.165, 1.54) is 11.1 Å². The molecule has 2 aromatic heterocycles. The number of benzene rings is 1. The molecule has 0 unspecified atom stereocenters. The van der Waals surface area contributed by atoms with Gasteiger partial charge in [0.1, 0.15) is 5.82 Å². The number of aromatic nitrogens is 4. The molecule has 1 aliphatic rings. The lowest BCUT2D eigenvalue weighted by atomic mass is 10.1. The summed E-state index contributed by atoms with van der Waals surface area (Å²) in [4.78, 5) is 11.7. The highest BCUT2D eigenvalue weighted by atomic mass is 16.5. The molecule has 1 N–H and O–H groups in total. The van der Waals surface area contributed by atoms with E-state index in [1.54, 1.807) is 4.68 Å². The van der Waals surface area contributed by atoms with Crippen LogP contribution in [0.3, 0.4) is 0 Å². The second-order valence-electron chi connectivity index (χ2n) is 6.48. The largest absolute Gasteiger partial charge is 0.378 e. The Morgan fingerprint density at radius 1 is 1.04 bits per heavy atom. The Labute approximate surface area is 146 Å². The molecule has 0 radical (unpaired) electrons. The quantitative estimate of drug-likeness (QED) is 0.792. The van der Waals surface area contributed by atoms with Crippen molar-refractivity contribution in [1.29, 1.82) is 0 Å². The number of hydrogen-bond acceptors (Lipinski definition) is 6. The van der Waals surface area contributed by atoms with Crippen LogP contribution in [0.25, 0.3) is 11.0 Å². The number of fused-ring (bicyclic) bond motifs is 1. The molecular formula is C18H22N6O. The first-order valence-corrected chi connectivity index (χ1v) is 8.48. The van der Waals surface area contributed by atoms with Crippen LogP contribution in [0.2, 0.25) is 0 Å². The number of hydrogen-bond donors (Lipinski definition) is 1. The first kappa shape index (κ1) is 15.8. The number of ether oxygens (including phenoxy) is 1. The van der Waals surface area contributed by atoms with Crippen LogP contribution in [-0.2, 0) is 11.8 Å². The number of anilines is 3. The topological polar surface area (TPSA) is 68.1 Å². The molecule has 0 bridgehead atoms. The number of aryl methyl sites for hydroxylation is 3. The number of rotatable bonds is 3. The van der Waals surface area contributed by atoms with Crippen LogP contribution in [0, 0.1) is 13.8 Å². The van der Waals surface area contributed by atoms with Crippen molar-refractivity contribution >= 4 is 28.5 Å². The molecule has 0 aliphatic carbocycles. The van der Waals surface area contributed by atoms with Crippen molar-refractivity contribution in [2.45, 2.75) is 13.8 Å². The second kappa shape index (κ2) is 6.33. The van der Waals surface area contributed by atoms with E-state index in [1.807, 2.05) is 13.2 Å². The van der Waals surface area contributed by atoms with Crippen molar-refractivity contribution in [3.05, 3.63) is 35.5 Å². The maximum absolute atomic E-state index is 5.47. The second-order valence-corrected chi connectivity index (χ2v) is 6.48. The van der Waals surface area contributed by atoms with Crippen LogP contribution in [0.1, 0.15) is 11.1 Å². The van der Waals surface area contributed by atoms with Gasteiger partial charge < -0.3 is 15.0 Å². The van der Waals surface area contributed by atoms with Gasteiger partial charge in [0.05, 0.1) is 24.8 Å². The molecule has 1 fully saturated rings. The van der Waals surface area contributed by atoms with E-state index in [-0.39, 0.29) is 0 Å². The minimum atomic E-state index is 0.586. The van der Waals surface area contributed by atoms with Gasteiger partial charge in [-0.1, -0.05) is 6.07 Å². The summed E-state index contributed by atoms with van der Waals surface area (Å²) < 4.78 is 7.25. The van der Waals surface area contributed by atoms with Crippen molar-refractivity contribution in [3.63, 3.8) is 0 Å². The first-order chi connectivity index (χ1) is 12.1. The summed E-state index contributed by atoms with van der Waals surface area (Å²) in [5, 5.41) is 8.68. The maximum atomic E-state index is 5.47. The van der Waals surface area contributed by atoms with Crippen molar-refractivity contribution in [2.24, 2.45) is 7.05 Å². The molecule has 7 heteroatoms. The van der Waals surface area contributed by atoms with Gasteiger partial charge in [-0.2, -0.15) is 15.1 Å². The standard InChI is InChI=1S/C18H22N6O/c1-12-8-13(2)10-14(9-12)20-18-21-16-15(11-19-23(16)3)17(22-18)24-4-6-25-7-5-24/h8-11H,4-7H2,1-3H3,(H,20,21,22). The lowest BCUT2D eigenvalue weighted by Gasteiger charge is -2.28. The average molecular weight is 338 g/mol. The highest BCUT2D eigenvalue weighted by Crippen LogP contribution is 2.27. The summed E-state index contributed by atoms with van der Waals surface area (Å²) in [6, 6.07) is 6.34. The van der Waals surface area contributed by atoms with Crippen LogP contribution >= 0.6 is 0 Å². The molecule has 0 atom stereocenters. The minimum absolute atomic E-state index is 0.586. The minimum Gasteiger partial charge on any atom is -0.378 e. The third-order valence-electron chi connectivity index (χ3n) is 4.36. The predicted octanol–water partition coefficient (Wildman–Crippen LogP) is 2.56. The van der Waals surface area contributed by atoms with Crippen LogP contribution in [-0.4, -0.2) is 46.1 Å². The van der Waals surface area contributed by atoms with Gasteiger partial charge in [0.15, 0.2) is 5.65 Å². The van der Waals surface area contributed by atoms with Gasteiger partial charge in [0.2, 0.25) is 5.95 Å². The Balaban J connectivity index is 1.77. The van der Waals surface area contributed by atoms with E-state index in [0.717, 1.165) is 35.6 Å². The van der Waals surface area contributed by atoms with E-state index in [4.69, 9.17) is 9.72 Å². The van der Waals surface area contributed by atoms with Crippen LogP contribution in [0.5, 0.6) is 0 Å². The van der Waals surface area contributed by atoms with Gasteiger partial charge in [0, 0.05) is 25.8 Å². The number of nitrogens with zero attached hydrogens (tertiary/aromatic N) is 5. The summed E-state index contributed by atoms with van der Waals surface area (Å²) in [5.74, 6) is 1.50. The molecule has 1 aromatic carbocycles. The molecule has 0 spiro atoms. The van der Waals surface area contributed by atoms with Gasteiger partial charge in [-0.05, 0) is 37.1 Å². The van der Waals surface area contributed by atoms with E-state index in [9.17, 15) is 0 Å². The zero-order chi connectivity index (χ0) is 17.4. The van der Waals surface area contributed by atoms with E-state index >= 15 is 0 Å². The fourth-order valence-electron chi connectivity index (χ4n) is 3.26. The van der Waals surface area contributed by atoms with Crippen molar-refractivity contribution in [3.8, 4) is 0 Å². The van der Waals surface area contributed by atoms with Crippen molar-refractivity contribution in [1.82, 2.24) is 19.7 Å². The monoisotopic (exact) mass is 338 g/mol. The van der Waals surface area contributed by atoms with Crippen LogP contribution in [0.4, 0.5) is 17.5 Å². The summed E-state index contributed by atoms with van der Waals surface area (Å²) in [6.45, 7) is 7.25. The van der Waals surface area contributed by atoms with Crippen molar-refractivity contribution < 1.29 is 4.74 Å². The number of morpholine rings is 1. The zero-order valence-electron chi connectivity index (χ0n) is 14.8. The van der Waals surface area contributed by atoms with Crippen LogP contribution < -0.4 is 10.2 Å². The normalized spacial score (nSPS) is 14.9. The summed E-state index contributed by atoms with van der Waals surface area (Å²) in [6.07, 6.45) is 1.83. The molecule has 25 heavy (non-hydrogen) atoms. The molecule has 4 rings (SSSR count). The smallest absolute Gasteiger partial charge is 0.231 e. The summed E-state index contributed by atoms with van der Waals surface area (Å²) in [5.41, 5.74) is 4.23. The highest BCUT2D eigenvalue weighted by molar-refractivity contribution is 5.88. The summed E-state index contributed by atoms with van der Waals surface area (Å²) >= 11 is 0. The molecule has 3 aromatic rings. The van der Waals surface area contributed by atoms with Gasteiger partial charge in [-0.15, -0.1) is 0 Å². The molecular weight excluding hydrogens is 316 g/mol. The molecule has 0 amide bonds. The Kier molecular flexibility index (Phi) is 4.01. The van der Waals surface area contributed by atoms with Gasteiger partial charge in [-0.25, -0.2) is 0 Å². The summed E-state index contributed by atoms with van der Waals surface area (Å²) in [7, 11) is 1.90. The number of nitrogens with one attached hydrogen (secondary N) is 1. The highest BCUT2D eigenvalue weighted by Gasteiger charge is 2.19. The first-order valence-electron chi connectivity index (χ1n) is 8.48. The van der Waals surface area contributed by atoms with E-state index in [0.29, 0.717) is 19.2 Å². The molecule has 3 heterocycles. The zero-order valence-corrected chi connectivity index (χ0v) is 14.8. The van der Waals surface area contributed by atoms with E-state index < -0.39 is 0 Å². The Bertz CT molecular complexity index is 893. The van der Waals surface area contributed by atoms with Crippen LogP contribution in [0.15, 0.2) is 24.4 Å². The van der Waals surface area contributed by atoms with Gasteiger partial charge in [-0.3, -0.25) is 4.68 Å². The molecule has 0 saturated carbocycles. The fraction of sp³-hybridized carbons (Fsp3) is 0.389. The third kappa shape index (κ3) is 3.15. The Morgan fingerprint density at radius 2 is 1.76 bits per heavy atom. The third-order valence-corrected chi connectivity index (χ3v) is 4.36. The Hall–Kier alpha value is -2.67. The molecule has 7 nitrogen and oxygen atoms in total. The lowest BCUT2D eigenvalue weighted by Crippen LogP contribution is -2.37. The van der Waals surface area contributed by atoms with Crippen molar-refractivity contribution in [2.75, 3.05) is 36.5 Å². The average Bonchev–Trinajstić information content (AvgIpc) is 2.95. The molecule has 1 aliphatic heterocycles. The van der Waals surface area contributed by atoms with E-state index in [2.05, 4.69) is 52.3 Å². The molecule has 1 saturated heterocycles. The fourth-order valence-corrected chi connectivity index (χ4v) is 3.26.